The Morgan fingerprint density at radius 2 is 2.15 bits per heavy atom. The lowest BCUT2D eigenvalue weighted by atomic mass is 9.89. The third-order valence-corrected chi connectivity index (χ3v) is 6.79. The highest BCUT2D eigenvalue weighted by Crippen LogP contribution is 2.34. The summed E-state index contributed by atoms with van der Waals surface area (Å²) >= 11 is 6.09. The topological polar surface area (TPSA) is 98.2 Å². The van der Waals surface area contributed by atoms with Crippen molar-refractivity contribution in [2.24, 2.45) is 5.41 Å². The average molecular weight is 489 g/mol. The Labute approximate surface area is 200 Å². The summed E-state index contributed by atoms with van der Waals surface area (Å²) in [5.41, 5.74) is 3.85. The first kappa shape index (κ1) is 22.8. The number of halogens is 2. The van der Waals surface area contributed by atoms with E-state index in [1.165, 1.54) is 6.20 Å². The monoisotopic (exact) mass is 488 g/mol. The van der Waals surface area contributed by atoms with Crippen molar-refractivity contribution in [1.29, 1.82) is 0 Å². The van der Waals surface area contributed by atoms with E-state index < -0.39 is 17.8 Å². The van der Waals surface area contributed by atoms with Gasteiger partial charge in [0.1, 0.15) is 5.02 Å². The molecular formula is C23H26ClFN6O3. The summed E-state index contributed by atoms with van der Waals surface area (Å²) in [6, 6.07) is 3.71. The van der Waals surface area contributed by atoms with Crippen LogP contribution in [0.25, 0.3) is 11.1 Å². The molecule has 2 fully saturated rings. The first-order valence-electron chi connectivity index (χ1n) is 11.1. The van der Waals surface area contributed by atoms with E-state index in [9.17, 15) is 9.18 Å². The zero-order valence-electron chi connectivity index (χ0n) is 19.2. The summed E-state index contributed by atoms with van der Waals surface area (Å²) in [5, 5.41) is 10.8. The molecular weight excluding hydrogens is 463 g/mol. The summed E-state index contributed by atoms with van der Waals surface area (Å²) in [5.74, 6) is 0.327. The molecule has 9 nitrogen and oxygen atoms in total. The van der Waals surface area contributed by atoms with Crippen LogP contribution in [-0.2, 0) is 11.3 Å². The Bertz CT molecular complexity index is 1270. The fourth-order valence-corrected chi connectivity index (χ4v) is 4.80. The van der Waals surface area contributed by atoms with E-state index in [1.54, 1.807) is 11.1 Å². The lowest BCUT2D eigenvalue weighted by Crippen LogP contribution is -2.43. The van der Waals surface area contributed by atoms with E-state index in [2.05, 4.69) is 22.1 Å². The SMILES string of the molecule is Cc1nn(CC2(C)COC2)c(C)c1-c1ccnc(O[C@H]2CN(c3cn[nH]c(=O)c3Cl)C[C@@H]2F)c1. The van der Waals surface area contributed by atoms with Crippen LogP contribution >= 0.6 is 11.6 Å². The molecule has 0 bridgehead atoms. The Hall–Kier alpha value is -2.98. The van der Waals surface area contributed by atoms with Gasteiger partial charge in [0.2, 0.25) is 5.88 Å². The largest absolute Gasteiger partial charge is 0.469 e. The van der Waals surface area contributed by atoms with Crippen LogP contribution in [0.4, 0.5) is 10.1 Å². The molecule has 0 unspecified atom stereocenters. The second kappa shape index (κ2) is 8.66. The van der Waals surface area contributed by atoms with Crippen molar-refractivity contribution < 1.29 is 13.9 Å². The number of hydrogen-bond acceptors (Lipinski definition) is 7. The second-order valence-corrected chi connectivity index (χ2v) is 9.74. The summed E-state index contributed by atoms with van der Waals surface area (Å²) in [6.45, 7) is 8.73. The van der Waals surface area contributed by atoms with Gasteiger partial charge in [-0.15, -0.1) is 0 Å². The predicted octanol–water partition coefficient (Wildman–Crippen LogP) is 2.94. The summed E-state index contributed by atoms with van der Waals surface area (Å²) in [6.07, 6.45) is 1.02. The van der Waals surface area contributed by atoms with E-state index in [-0.39, 0.29) is 23.5 Å². The van der Waals surface area contributed by atoms with Crippen LogP contribution in [-0.4, -0.2) is 63.5 Å². The summed E-state index contributed by atoms with van der Waals surface area (Å²) in [4.78, 5) is 17.7. The molecule has 1 N–H and O–H groups in total. The predicted molar refractivity (Wildman–Crippen MR) is 125 cm³/mol. The highest BCUT2D eigenvalue weighted by atomic mass is 35.5. The van der Waals surface area contributed by atoms with Gasteiger partial charge in [-0.1, -0.05) is 18.5 Å². The number of alkyl halides is 1. The molecule has 2 atom stereocenters. The molecule has 180 valence electrons. The number of hydrogen-bond donors (Lipinski definition) is 1. The number of rotatable bonds is 6. The molecule has 0 radical (unpaired) electrons. The summed E-state index contributed by atoms with van der Waals surface area (Å²) in [7, 11) is 0. The third-order valence-electron chi connectivity index (χ3n) is 6.43. The summed E-state index contributed by atoms with van der Waals surface area (Å²) < 4.78 is 28.2. The third kappa shape index (κ3) is 4.16. The average Bonchev–Trinajstić information content (AvgIpc) is 3.27. The van der Waals surface area contributed by atoms with Crippen LogP contribution in [0.5, 0.6) is 5.88 Å². The zero-order valence-corrected chi connectivity index (χ0v) is 20.0. The maximum Gasteiger partial charge on any atom is 0.285 e. The van der Waals surface area contributed by atoms with Crippen LogP contribution in [0.1, 0.15) is 18.3 Å². The molecule has 3 aromatic heterocycles. The van der Waals surface area contributed by atoms with E-state index in [0.717, 1.165) is 42.3 Å². The lowest BCUT2D eigenvalue weighted by Gasteiger charge is -2.38. The number of aryl methyl sites for hydroxylation is 1. The van der Waals surface area contributed by atoms with Crippen LogP contribution < -0.4 is 15.2 Å². The first-order chi connectivity index (χ1) is 16.2. The van der Waals surface area contributed by atoms with Crippen molar-refractivity contribution in [2.75, 3.05) is 31.2 Å². The number of nitrogens with one attached hydrogen (secondary N) is 1. The van der Waals surface area contributed by atoms with Gasteiger partial charge >= 0.3 is 0 Å². The number of nitrogens with zero attached hydrogens (tertiary/aromatic N) is 5. The van der Waals surface area contributed by atoms with Gasteiger partial charge in [-0.25, -0.2) is 14.5 Å². The van der Waals surface area contributed by atoms with Crippen LogP contribution in [0, 0.1) is 19.3 Å². The molecule has 2 saturated heterocycles. The van der Waals surface area contributed by atoms with E-state index in [4.69, 9.17) is 26.2 Å². The van der Waals surface area contributed by atoms with Crippen molar-refractivity contribution in [3.05, 3.63) is 51.3 Å². The molecule has 5 heterocycles. The zero-order chi connectivity index (χ0) is 24.0. The molecule has 0 saturated carbocycles. The van der Waals surface area contributed by atoms with Gasteiger partial charge in [-0.05, 0) is 25.5 Å². The molecule has 5 rings (SSSR count). The van der Waals surface area contributed by atoms with Crippen molar-refractivity contribution in [3.63, 3.8) is 0 Å². The van der Waals surface area contributed by atoms with Crippen molar-refractivity contribution in [2.45, 2.75) is 39.6 Å². The normalized spacial score (nSPS) is 21.5. The number of aromatic nitrogens is 5. The maximum absolute atomic E-state index is 14.8. The lowest BCUT2D eigenvalue weighted by molar-refractivity contribution is -0.111. The van der Waals surface area contributed by atoms with Gasteiger partial charge in [0.15, 0.2) is 12.3 Å². The van der Waals surface area contributed by atoms with Gasteiger partial charge in [0.25, 0.3) is 5.56 Å². The quantitative estimate of drug-likeness (QED) is 0.569. The van der Waals surface area contributed by atoms with Crippen LogP contribution in [0.15, 0.2) is 29.3 Å². The molecule has 0 spiro atoms. The minimum absolute atomic E-state index is 0.0201. The van der Waals surface area contributed by atoms with E-state index >= 15 is 0 Å². The fraction of sp³-hybridized carbons (Fsp3) is 0.478. The van der Waals surface area contributed by atoms with Crippen molar-refractivity contribution in [3.8, 4) is 17.0 Å². The Balaban J connectivity index is 1.35. The number of aromatic amines is 1. The molecule has 34 heavy (non-hydrogen) atoms. The molecule has 3 aromatic rings. The second-order valence-electron chi connectivity index (χ2n) is 9.37. The van der Waals surface area contributed by atoms with E-state index in [1.807, 2.05) is 30.7 Å². The van der Waals surface area contributed by atoms with Crippen LogP contribution in [0.3, 0.4) is 0 Å². The molecule has 2 aliphatic heterocycles. The first-order valence-corrected chi connectivity index (χ1v) is 11.5. The number of anilines is 1. The minimum Gasteiger partial charge on any atom is -0.469 e. The highest BCUT2D eigenvalue weighted by Gasteiger charge is 2.37. The van der Waals surface area contributed by atoms with Gasteiger partial charge < -0.3 is 14.4 Å². The molecule has 0 amide bonds. The van der Waals surface area contributed by atoms with Gasteiger partial charge in [0.05, 0.1) is 50.4 Å². The molecule has 11 heteroatoms. The molecule has 0 aromatic carbocycles. The van der Waals surface area contributed by atoms with Gasteiger partial charge in [-0.3, -0.25) is 9.48 Å². The fourth-order valence-electron chi connectivity index (χ4n) is 4.59. The molecule has 0 aliphatic carbocycles. The van der Waals surface area contributed by atoms with E-state index in [0.29, 0.717) is 11.6 Å². The smallest absolute Gasteiger partial charge is 0.285 e. The van der Waals surface area contributed by atoms with Crippen molar-refractivity contribution in [1.82, 2.24) is 25.0 Å². The number of H-pyrrole nitrogens is 1. The highest BCUT2D eigenvalue weighted by molar-refractivity contribution is 6.33. The Morgan fingerprint density at radius 3 is 2.88 bits per heavy atom. The van der Waals surface area contributed by atoms with Crippen molar-refractivity contribution >= 4 is 17.3 Å². The van der Waals surface area contributed by atoms with Gasteiger partial charge in [-0.2, -0.15) is 10.2 Å². The number of pyridine rings is 1. The Kier molecular flexibility index (Phi) is 5.81. The van der Waals surface area contributed by atoms with Crippen LogP contribution in [0.2, 0.25) is 5.02 Å². The maximum atomic E-state index is 14.8. The standard InChI is InChI=1S/C23H26ClFN6O3/c1-13-20(14(2)31(29-13)10-23(3)11-33-12-23)15-4-5-26-19(6-15)34-18-9-30(8-16(18)25)17-7-27-28-22(32)21(17)24/h4-7,16,18H,8-12H2,1-3H3,(H,28,32)/t16-,18-/m0/s1. The molecule has 2 aliphatic rings. The Morgan fingerprint density at radius 1 is 1.35 bits per heavy atom. The minimum atomic E-state index is -1.28. The number of ether oxygens (including phenoxy) is 2. The van der Waals surface area contributed by atoms with Gasteiger partial charge in [0, 0.05) is 28.9 Å².